The van der Waals surface area contributed by atoms with E-state index in [1.165, 1.54) is 70.2 Å². The second-order valence-corrected chi connectivity index (χ2v) is 16.3. The van der Waals surface area contributed by atoms with Gasteiger partial charge in [-0.1, -0.05) is 188 Å². The van der Waals surface area contributed by atoms with E-state index in [4.69, 9.17) is 15.0 Å². The molecule has 13 rings (SSSR count). The van der Waals surface area contributed by atoms with Gasteiger partial charge in [-0.3, -0.25) is 0 Å². The molecule has 0 spiro atoms. The van der Waals surface area contributed by atoms with Crippen molar-refractivity contribution in [3.8, 4) is 56.4 Å². The van der Waals surface area contributed by atoms with Crippen LogP contribution in [-0.4, -0.2) is 15.0 Å². The summed E-state index contributed by atoms with van der Waals surface area (Å²) in [7, 11) is 0. The molecule has 0 unspecified atom stereocenters. The number of rotatable bonds is 5. The Balaban J connectivity index is 1.06. The normalized spacial score (nSPS) is 11.9. The summed E-state index contributed by atoms with van der Waals surface area (Å²) in [6.45, 7) is 0. The molecule has 0 bridgehead atoms. The SMILES string of the molecule is c1ccc(-c2cccc(-c3nc(-c4ccccc4)nc(-c4ccc(-c5cc6ccc7cccc8c9cccc%10ccc%11cccc(c(c5)c6c78)c%11c%109)c5ccccc45)n3)c2)cc1. The van der Waals surface area contributed by atoms with E-state index in [-0.39, 0.29) is 0 Å². The first kappa shape index (κ1) is 34.6. The van der Waals surface area contributed by atoms with Crippen molar-refractivity contribution < 1.29 is 0 Å². The minimum Gasteiger partial charge on any atom is -0.208 e. The van der Waals surface area contributed by atoms with Gasteiger partial charge in [-0.25, -0.2) is 15.0 Å². The Kier molecular flexibility index (Phi) is 7.60. The van der Waals surface area contributed by atoms with Crippen LogP contribution in [0.2, 0.25) is 0 Å². The number of nitrogens with zero attached hydrogens (tertiary/aromatic N) is 3. The lowest BCUT2D eigenvalue weighted by Crippen LogP contribution is -2.01. The molecule has 62 heavy (non-hydrogen) atoms. The minimum atomic E-state index is 0.637. The lowest BCUT2D eigenvalue weighted by atomic mass is 9.86. The van der Waals surface area contributed by atoms with E-state index >= 15 is 0 Å². The Morgan fingerprint density at radius 3 is 1.29 bits per heavy atom. The largest absolute Gasteiger partial charge is 0.208 e. The van der Waals surface area contributed by atoms with Crippen LogP contribution in [0.3, 0.4) is 0 Å². The Morgan fingerprint density at radius 1 is 0.210 bits per heavy atom. The topological polar surface area (TPSA) is 38.7 Å². The molecule has 0 atom stereocenters. The fourth-order valence-electron chi connectivity index (χ4n) is 10.00. The third-order valence-corrected chi connectivity index (χ3v) is 12.8. The molecule has 1 aromatic heterocycles. The molecule has 0 fully saturated rings. The van der Waals surface area contributed by atoms with E-state index < -0.39 is 0 Å². The molecule has 0 aliphatic heterocycles. The van der Waals surface area contributed by atoms with Crippen LogP contribution < -0.4 is 0 Å². The van der Waals surface area contributed by atoms with Gasteiger partial charge in [0.25, 0.3) is 0 Å². The van der Waals surface area contributed by atoms with Gasteiger partial charge in [-0.15, -0.1) is 0 Å². The first-order chi connectivity index (χ1) is 30.7. The lowest BCUT2D eigenvalue weighted by Gasteiger charge is -2.18. The van der Waals surface area contributed by atoms with E-state index in [1.54, 1.807) is 0 Å². The van der Waals surface area contributed by atoms with E-state index in [1.807, 2.05) is 24.3 Å². The summed E-state index contributed by atoms with van der Waals surface area (Å²) in [5, 5.41) is 17.5. The highest BCUT2D eigenvalue weighted by Crippen LogP contribution is 2.45. The highest BCUT2D eigenvalue weighted by atomic mass is 15.0. The Hall–Kier alpha value is -8.27. The Morgan fingerprint density at radius 2 is 0.645 bits per heavy atom. The van der Waals surface area contributed by atoms with Gasteiger partial charge in [-0.2, -0.15) is 0 Å². The summed E-state index contributed by atoms with van der Waals surface area (Å²) >= 11 is 0. The molecule has 0 N–H and O–H groups in total. The van der Waals surface area contributed by atoms with Gasteiger partial charge < -0.3 is 0 Å². The van der Waals surface area contributed by atoms with Gasteiger partial charge in [0.05, 0.1) is 0 Å². The zero-order valence-corrected chi connectivity index (χ0v) is 33.5. The van der Waals surface area contributed by atoms with Crippen molar-refractivity contribution in [3.63, 3.8) is 0 Å². The Labute approximate surface area is 357 Å². The van der Waals surface area contributed by atoms with Crippen LogP contribution in [0.25, 0.3) is 132 Å². The van der Waals surface area contributed by atoms with Crippen molar-refractivity contribution in [2.75, 3.05) is 0 Å². The number of hydrogen-bond donors (Lipinski definition) is 0. The number of aromatic nitrogens is 3. The molecule has 0 saturated heterocycles. The van der Waals surface area contributed by atoms with Crippen LogP contribution in [0.15, 0.2) is 212 Å². The quantitative estimate of drug-likeness (QED) is 0.163. The van der Waals surface area contributed by atoms with Crippen molar-refractivity contribution in [1.29, 1.82) is 0 Å². The molecule has 3 heteroatoms. The van der Waals surface area contributed by atoms with Gasteiger partial charge in [0, 0.05) is 16.7 Å². The molecular weight excluding hydrogens is 751 g/mol. The zero-order valence-electron chi connectivity index (χ0n) is 33.5. The summed E-state index contributed by atoms with van der Waals surface area (Å²) in [6.07, 6.45) is 0. The summed E-state index contributed by atoms with van der Waals surface area (Å²) in [5.41, 5.74) is 7.44. The third-order valence-electron chi connectivity index (χ3n) is 12.8. The maximum Gasteiger partial charge on any atom is 0.164 e. The molecule has 1 heterocycles. The number of hydrogen-bond acceptors (Lipinski definition) is 3. The van der Waals surface area contributed by atoms with E-state index in [0.29, 0.717) is 17.5 Å². The zero-order chi connectivity index (χ0) is 40.7. The monoisotopic (exact) mass is 785 g/mol. The van der Waals surface area contributed by atoms with Gasteiger partial charge in [0.2, 0.25) is 0 Å². The molecule has 3 nitrogen and oxygen atoms in total. The number of benzene rings is 11. The van der Waals surface area contributed by atoms with Crippen LogP contribution in [0, 0.1) is 0 Å². The fourth-order valence-corrected chi connectivity index (χ4v) is 10.00. The van der Waals surface area contributed by atoms with Crippen LogP contribution >= 0.6 is 0 Å². The maximum atomic E-state index is 5.25. The molecule has 0 aliphatic carbocycles. The molecule has 13 aromatic rings. The molecule has 12 aromatic carbocycles. The first-order valence-electron chi connectivity index (χ1n) is 21.2. The summed E-state index contributed by atoms with van der Waals surface area (Å²) in [6, 6.07) is 76.6. The molecule has 0 radical (unpaired) electrons. The Bertz CT molecular complexity index is 3910. The van der Waals surface area contributed by atoms with Crippen molar-refractivity contribution in [3.05, 3.63) is 212 Å². The summed E-state index contributed by atoms with van der Waals surface area (Å²) in [5.74, 6) is 1.92. The van der Waals surface area contributed by atoms with Crippen LogP contribution in [0.5, 0.6) is 0 Å². The van der Waals surface area contributed by atoms with Crippen LogP contribution in [0.4, 0.5) is 0 Å². The van der Waals surface area contributed by atoms with Crippen LogP contribution in [0.1, 0.15) is 0 Å². The maximum absolute atomic E-state index is 5.25. The van der Waals surface area contributed by atoms with E-state index in [0.717, 1.165) is 44.2 Å². The molecule has 0 saturated carbocycles. The highest BCUT2D eigenvalue weighted by molar-refractivity contribution is 6.37. The lowest BCUT2D eigenvalue weighted by molar-refractivity contribution is 1.08. The van der Waals surface area contributed by atoms with Gasteiger partial charge in [-0.05, 0) is 122 Å². The minimum absolute atomic E-state index is 0.637. The average Bonchev–Trinajstić information content (AvgIpc) is 3.35. The van der Waals surface area contributed by atoms with Crippen molar-refractivity contribution in [2.24, 2.45) is 0 Å². The van der Waals surface area contributed by atoms with Crippen LogP contribution in [-0.2, 0) is 0 Å². The molecule has 0 aliphatic rings. The van der Waals surface area contributed by atoms with E-state index in [2.05, 4.69) is 188 Å². The predicted octanol–water partition coefficient (Wildman–Crippen LogP) is 15.7. The number of fused-ring (bicyclic) bond motifs is 3. The molecule has 286 valence electrons. The van der Waals surface area contributed by atoms with Gasteiger partial charge in [0.15, 0.2) is 17.5 Å². The summed E-state index contributed by atoms with van der Waals surface area (Å²) in [4.78, 5) is 15.5. The van der Waals surface area contributed by atoms with Crippen molar-refractivity contribution in [1.82, 2.24) is 15.0 Å². The second-order valence-electron chi connectivity index (χ2n) is 16.3. The average molecular weight is 786 g/mol. The predicted molar refractivity (Wildman–Crippen MR) is 261 cm³/mol. The van der Waals surface area contributed by atoms with E-state index in [9.17, 15) is 0 Å². The van der Waals surface area contributed by atoms with Crippen molar-refractivity contribution >= 4 is 75.4 Å². The fraction of sp³-hybridized carbons (Fsp3) is 0. The molecular formula is C59H35N3. The van der Waals surface area contributed by atoms with Gasteiger partial charge >= 0.3 is 0 Å². The third kappa shape index (κ3) is 5.35. The summed E-state index contributed by atoms with van der Waals surface area (Å²) < 4.78 is 0. The smallest absolute Gasteiger partial charge is 0.164 e. The first-order valence-corrected chi connectivity index (χ1v) is 21.2. The second kappa shape index (κ2) is 13.6. The molecule has 0 amide bonds. The van der Waals surface area contributed by atoms with Gasteiger partial charge in [0.1, 0.15) is 0 Å². The standard InChI is InChI=1S/C59H35N3/c1-3-13-36(14-4-1)41-20-9-21-43(33-41)58-60-57(40-15-5-2-6-16-40)61-59(62-58)51-32-31-45(46-22-7-8-23-47(46)51)44-34-42-30-29-39-18-11-25-49-48-24-10-17-37-27-28-38-19-12-26-50(55(38)53(37)48)52(35-44)56(42)54(39)49/h1-35H. The van der Waals surface area contributed by atoms with Crippen molar-refractivity contribution in [2.45, 2.75) is 0 Å². The highest BCUT2D eigenvalue weighted by Gasteiger charge is 2.19.